The minimum atomic E-state index is -0.382. The van der Waals surface area contributed by atoms with E-state index in [4.69, 9.17) is 0 Å². The van der Waals surface area contributed by atoms with Crippen LogP contribution in [0.15, 0.2) is 59.5 Å². The number of fused-ring (bicyclic) bond motifs is 1. The van der Waals surface area contributed by atoms with Gasteiger partial charge in [0.15, 0.2) is 0 Å². The Morgan fingerprint density at radius 1 is 1.09 bits per heavy atom. The summed E-state index contributed by atoms with van der Waals surface area (Å²) in [5.74, 6) is 0.322. The molecule has 2 aromatic heterocycles. The number of hydrogen-bond donors (Lipinski definition) is 1. The zero-order valence-electron chi connectivity index (χ0n) is 17.6. The second kappa shape index (κ2) is 8.03. The molecule has 1 aliphatic heterocycles. The summed E-state index contributed by atoms with van der Waals surface area (Å²) in [5, 5.41) is 8.81. The molecule has 1 aliphatic rings. The van der Waals surface area contributed by atoms with Crippen molar-refractivity contribution in [1.82, 2.24) is 24.9 Å². The van der Waals surface area contributed by atoms with Gasteiger partial charge in [-0.1, -0.05) is 12.1 Å². The maximum Gasteiger partial charge on any atom is 0.258 e. The number of aromatic amines is 1. The Hall–Kier alpha value is -3.81. The van der Waals surface area contributed by atoms with Gasteiger partial charge < -0.3 is 9.88 Å². The van der Waals surface area contributed by atoms with Gasteiger partial charge in [-0.2, -0.15) is 0 Å². The number of amides is 1. The lowest BCUT2D eigenvalue weighted by atomic mass is 9.98. The summed E-state index contributed by atoms with van der Waals surface area (Å²) in [5.41, 5.74) is 2.26. The van der Waals surface area contributed by atoms with Crippen LogP contribution in [0.2, 0.25) is 0 Å². The van der Waals surface area contributed by atoms with Gasteiger partial charge >= 0.3 is 0 Å². The third-order valence-corrected chi connectivity index (χ3v) is 6.03. The molecule has 0 atom stereocenters. The second-order valence-corrected chi connectivity index (χ2v) is 8.31. The number of pyridine rings is 1. The molecule has 1 fully saturated rings. The number of carbonyl (C=O) groups excluding carboxylic acids is 1. The first kappa shape index (κ1) is 20.1. The third-order valence-electron chi connectivity index (χ3n) is 6.03. The normalized spacial score (nSPS) is 14.8. The van der Waals surface area contributed by atoms with Crippen LogP contribution in [0.5, 0.6) is 0 Å². The van der Waals surface area contributed by atoms with Crippen LogP contribution < -0.4 is 5.56 Å². The quantitative estimate of drug-likeness (QED) is 0.535. The minimum absolute atomic E-state index is 0.0395. The Labute approximate surface area is 183 Å². The number of nitrogens with one attached hydrogen (secondary N) is 1. The summed E-state index contributed by atoms with van der Waals surface area (Å²) in [6.07, 6.45) is 3.71. The number of halogens is 1. The SMILES string of the molecule is CC1CCN(C(=O)c2ccc(-n3cc(-c4cc5cc(F)ccc5[nH]c4=O)nn3)cc2)CC1. The van der Waals surface area contributed by atoms with Crippen molar-refractivity contribution >= 4 is 16.8 Å². The molecule has 0 saturated carbocycles. The molecule has 0 radical (unpaired) electrons. The lowest BCUT2D eigenvalue weighted by Gasteiger charge is -2.30. The van der Waals surface area contributed by atoms with Gasteiger partial charge in [-0.3, -0.25) is 9.59 Å². The molecule has 32 heavy (non-hydrogen) atoms. The fourth-order valence-electron chi connectivity index (χ4n) is 4.03. The molecule has 4 aromatic rings. The Morgan fingerprint density at radius 3 is 2.59 bits per heavy atom. The summed E-state index contributed by atoms with van der Waals surface area (Å²) in [4.78, 5) is 29.9. The van der Waals surface area contributed by atoms with E-state index in [1.165, 1.54) is 18.2 Å². The summed E-state index contributed by atoms with van der Waals surface area (Å²) in [6.45, 7) is 3.80. The topological polar surface area (TPSA) is 83.9 Å². The van der Waals surface area contributed by atoms with Crippen LogP contribution in [0.4, 0.5) is 4.39 Å². The van der Waals surface area contributed by atoms with Crippen molar-refractivity contribution < 1.29 is 9.18 Å². The third kappa shape index (κ3) is 3.79. The Kier molecular flexibility index (Phi) is 5.05. The number of piperidine rings is 1. The molecular weight excluding hydrogens is 409 g/mol. The summed E-state index contributed by atoms with van der Waals surface area (Å²) >= 11 is 0. The number of likely N-dealkylation sites (tertiary alicyclic amines) is 1. The predicted molar refractivity (Wildman–Crippen MR) is 119 cm³/mol. The fourth-order valence-corrected chi connectivity index (χ4v) is 4.03. The first-order valence-corrected chi connectivity index (χ1v) is 10.6. The number of H-pyrrole nitrogens is 1. The van der Waals surface area contributed by atoms with Crippen LogP contribution >= 0.6 is 0 Å². The second-order valence-electron chi connectivity index (χ2n) is 8.31. The number of nitrogens with zero attached hydrogens (tertiary/aromatic N) is 4. The van der Waals surface area contributed by atoms with Gasteiger partial charge in [0.1, 0.15) is 11.5 Å². The molecular formula is C24H22FN5O2. The van der Waals surface area contributed by atoms with Gasteiger partial charge in [0.05, 0.1) is 17.4 Å². The average Bonchev–Trinajstić information content (AvgIpc) is 3.29. The molecule has 0 aliphatic carbocycles. The summed E-state index contributed by atoms with van der Waals surface area (Å²) < 4.78 is 15.1. The van der Waals surface area contributed by atoms with Gasteiger partial charge in [-0.05, 0) is 67.3 Å². The molecule has 1 saturated heterocycles. The van der Waals surface area contributed by atoms with E-state index < -0.39 is 0 Å². The molecule has 162 valence electrons. The van der Waals surface area contributed by atoms with E-state index in [1.54, 1.807) is 41.2 Å². The van der Waals surface area contributed by atoms with Crippen molar-refractivity contribution in [2.24, 2.45) is 5.92 Å². The maximum atomic E-state index is 13.6. The van der Waals surface area contributed by atoms with Crippen LogP contribution in [0, 0.1) is 11.7 Å². The average molecular weight is 431 g/mol. The zero-order valence-corrected chi connectivity index (χ0v) is 17.6. The molecule has 0 spiro atoms. The molecule has 7 nitrogen and oxygen atoms in total. The Bertz CT molecular complexity index is 1350. The molecule has 0 bridgehead atoms. The van der Waals surface area contributed by atoms with Crippen LogP contribution in [0.1, 0.15) is 30.1 Å². The van der Waals surface area contributed by atoms with Gasteiger partial charge in [-0.15, -0.1) is 5.10 Å². The molecule has 5 rings (SSSR count). The van der Waals surface area contributed by atoms with E-state index in [2.05, 4.69) is 22.2 Å². The van der Waals surface area contributed by atoms with E-state index in [0.29, 0.717) is 33.6 Å². The highest BCUT2D eigenvalue weighted by molar-refractivity contribution is 5.94. The molecule has 0 unspecified atom stereocenters. The van der Waals surface area contributed by atoms with Gasteiger partial charge in [0.25, 0.3) is 11.5 Å². The van der Waals surface area contributed by atoms with E-state index in [1.807, 2.05) is 4.90 Å². The Balaban J connectivity index is 1.39. The molecule has 2 aromatic carbocycles. The van der Waals surface area contributed by atoms with Crippen LogP contribution in [0.25, 0.3) is 27.8 Å². The van der Waals surface area contributed by atoms with Gasteiger partial charge in [-0.25, -0.2) is 9.07 Å². The van der Waals surface area contributed by atoms with Crippen LogP contribution in [-0.2, 0) is 0 Å². The minimum Gasteiger partial charge on any atom is -0.339 e. The van der Waals surface area contributed by atoms with Crippen LogP contribution in [0.3, 0.4) is 0 Å². The van der Waals surface area contributed by atoms with Gasteiger partial charge in [0.2, 0.25) is 0 Å². The number of carbonyl (C=O) groups is 1. The number of aromatic nitrogens is 4. The monoisotopic (exact) mass is 431 g/mol. The van der Waals surface area contributed by atoms with E-state index in [9.17, 15) is 14.0 Å². The van der Waals surface area contributed by atoms with E-state index in [-0.39, 0.29) is 17.3 Å². The van der Waals surface area contributed by atoms with Crippen molar-refractivity contribution in [2.45, 2.75) is 19.8 Å². The molecule has 3 heterocycles. The van der Waals surface area contributed by atoms with Crippen molar-refractivity contribution in [2.75, 3.05) is 13.1 Å². The molecule has 1 N–H and O–H groups in total. The van der Waals surface area contributed by atoms with E-state index in [0.717, 1.165) is 31.6 Å². The highest BCUT2D eigenvalue weighted by atomic mass is 19.1. The summed E-state index contributed by atoms with van der Waals surface area (Å²) in [6, 6.07) is 13.0. The van der Waals surface area contributed by atoms with Crippen molar-refractivity contribution in [3.63, 3.8) is 0 Å². The zero-order chi connectivity index (χ0) is 22.2. The highest BCUT2D eigenvalue weighted by Crippen LogP contribution is 2.21. The van der Waals surface area contributed by atoms with E-state index >= 15 is 0 Å². The standard InChI is InChI=1S/C24H22FN5O2/c1-15-8-10-29(11-9-15)24(32)16-2-5-19(6-3-16)30-14-22(27-28-30)20-13-17-12-18(25)4-7-21(17)26-23(20)31/h2-7,12-15H,8-11H2,1H3,(H,26,31). The summed E-state index contributed by atoms with van der Waals surface area (Å²) in [7, 11) is 0. The van der Waals surface area contributed by atoms with Crippen LogP contribution in [-0.4, -0.2) is 43.9 Å². The number of rotatable bonds is 3. The highest BCUT2D eigenvalue weighted by Gasteiger charge is 2.21. The van der Waals surface area contributed by atoms with Crippen molar-refractivity contribution in [1.29, 1.82) is 0 Å². The van der Waals surface area contributed by atoms with Gasteiger partial charge in [0, 0.05) is 29.6 Å². The molecule has 1 amide bonds. The first-order valence-electron chi connectivity index (χ1n) is 10.6. The Morgan fingerprint density at radius 2 is 1.84 bits per heavy atom. The lowest BCUT2D eigenvalue weighted by molar-refractivity contribution is 0.0697. The first-order chi connectivity index (χ1) is 15.5. The maximum absolute atomic E-state index is 13.6. The number of benzene rings is 2. The lowest BCUT2D eigenvalue weighted by Crippen LogP contribution is -2.37. The smallest absolute Gasteiger partial charge is 0.258 e. The largest absolute Gasteiger partial charge is 0.339 e. The predicted octanol–water partition coefficient (Wildman–Crippen LogP) is 3.79. The fraction of sp³-hybridized carbons (Fsp3) is 0.250. The molecule has 8 heteroatoms. The van der Waals surface area contributed by atoms with Crippen molar-refractivity contribution in [3.8, 4) is 16.9 Å². The van der Waals surface area contributed by atoms with Crippen molar-refractivity contribution in [3.05, 3.63) is 76.5 Å². The number of hydrogen-bond acceptors (Lipinski definition) is 4.